The number of anilines is 1. The lowest BCUT2D eigenvalue weighted by Crippen LogP contribution is -2.25. The van der Waals surface area contributed by atoms with E-state index in [1.807, 2.05) is 0 Å². The molecule has 0 bridgehead atoms. The molecule has 0 fully saturated rings. The van der Waals surface area contributed by atoms with E-state index in [9.17, 15) is 9.59 Å². The van der Waals surface area contributed by atoms with Crippen LogP contribution in [0.15, 0.2) is 36.4 Å². The summed E-state index contributed by atoms with van der Waals surface area (Å²) in [5.74, 6) is 1.06. The Morgan fingerprint density at radius 1 is 1.00 bits per heavy atom. The zero-order valence-corrected chi connectivity index (χ0v) is 16.6. The number of ether oxygens (including phenoxy) is 3. The molecular formula is C22H23NO5. The van der Waals surface area contributed by atoms with Crippen LogP contribution in [0.4, 0.5) is 5.69 Å². The number of carbonyl (C=O) groups excluding carboxylic acids is 2. The largest absolute Gasteiger partial charge is 0.493 e. The van der Waals surface area contributed by atoms with E-state index >= 15 is 0 Å². The highest BCUT2D eigenvalue weighted by Crippen LogP contribution is 2.41. The smallest absolute Gasteiger partial charge is 0.316 e. The van der Waals surface area contributed by atoms with Gasteiger partial charge in [0.1, 0.15) is 5.75 Å². The van der Waals surface area contributed by atoms with Crippen LogP contribution < -0.4 is 19.5 Å². The minimum absolute atomic E-state index is 0.200. The van der Waals surface area contributed by atoms with Crippen molar-refractivity contribution in [1.29, 1.82) is 0 Å². The number of methoxy groups -OCH3 is 2. The fourth-order valence-electron chi connectivity index (χ4n) is 2.72. The first kappa shape index (κ1) is 19.5. The van der Waals surface area contributed by atoms with Crippen molar-refractivity contribution in [2.45, 2.75) is 20.8 Å². The average Bonchev–Trinajstić information content (AvgIpc) is 2.95. The van der Waals surface area contributed by atoms with Crippen LogP contribution in [-0.4, -0.2) is 26.1 Å². The van der Waals surface area contributed by atoms with E-state index in [-0.39, 0.29) is 11.9 Å². The minimum atomic E-state index is -0.577. The Kier molecular flexibility index (Phi) is 5.14. The van der Waals surface area contributed by atoms with Gasteiger partial charge in [-0.2, -0.15) is 0 Å². The van der Waals surface area contributed by atoms with Gasteiger partial charge in [-0.05, 0) is 50.6 Å². The molecule has 146 valence electrons. The number of nitrogens with one attached hydrogen (secondary N) is 1. The first-order chi connectivity index (χ1) is 13.2. The molecule has 0 saturated heterocycles. The van der Waals surface area contributed by atoms with Gasteiger partial charge in [0.15, 0.2) is 11.5 Å². The van der Waals surface area contributed by atoms with E-state index in [0.717, 1.165) is 11.1 Å². The van der Waals surface area contributed by atoms with Gasteiger partial charge in [0.2, 0.25) is 0 Å². The summed E-state index contributed by atoms with van der Waals surface area (Å²) in [6, 6.07) is 10.5. The lowest BCUT2D eigenvalue weighted by Gasteiger charge is -2.16. The van der Waals surface area contributed by atoms with Crippen molar-refractivity contribution in [2.75, 3.05) is 19.5 Å². The van der Waals surface area contributed by atoms with Gasteiger partial charge in [0.05, 0.1) is 25.3 Å². The number of rotatable bonds is 4. The molecule has 1 N–H and O–H groups in total. The SMILES string of the molecule is COc1cc2c(cc1OC)C(=Cc1ccc(OC(=O)C(C)(C)C)cc1)C(=O)N2. The number of benzene rings is 2. The molecule has 3 rings (SSSR count). The summed E-state index contributed by atoms with van der Waals surface area (Å²) in [7, 11) is 3.10. The van der Waals surface area contributed by atoms with Crippen LogP contribution in [-0.2, 0) is 9.59 Å². The van der Waals surface area contributed by atoms with Gasteiger partial charge in [0.25, 0.3) is 5.91 Å². The van der Waals surface area contributed by atoms with Gasteiger partial charge in [0, 0.05) is 17.2 Å². The maximum absolute atomic E-state index is 12.4. The summed E-state index contributed by atoms with van der Waals surface area (Å²) in [6.07, 6.45) is 1.78. The fourth-order valence-corrected chi connectivity index (χ4v) is 2.72. The first-order valence-electron chi connectivity index (χ1n) is 8.84. The van der Waals surface area contributed by atoms with Gasteiger partial charge in [-0.25, -0.2) is 0 Å². The van der Waals surface area contributed by atoms with Crippen LogP contribution in [0.1, 0.15) is 31.9 Å². The molecule has 1 aliphatic heterocycles. The molecule has 2 aromatic rings. The van der Waals surface area contributed by atoms with Crippen molar-refractivity contribution in [3.8, 4) is 17.2 Å². The van der Waals surface area contributed by atoms with E-state index in [4.69, 9.17) is 14.2 Å². The predicted molar refractivity (Wildman–Crippen MR) is 108 cm³/mol. The van der Waals surface area contributed by atoms with Gasteiger partial charge in [-0.3, -0.25) is 9.59 Å². The third-order valence-electron chi connectivity index (χ3n) is 4.32. The normalized spacial score (nSPS) is 14.5. The number of amides is 1. The second kappa shape index (κ2) is 7.38. The van der Waals surface area contributed by atoms with Crippen LogP contribution >= 0.6 is 0 Å². The molecule has 28 heavy (non-hydrogen) atoms. The highest BCUT2D eigenvalue weighted by molar-refractivity contribution is 6.35. The summed E-state index contributed by atoms with van der Waals surface area (Å²) in [5, 5.41) is 2.84. The predicted octanol–water partition coefficient (Wildman–Crippen LogP) is 4.15. The molecule has 0 aliphatic carbocycles. The summed E-state index contributed by atoms with van der Waals surface area (Å²) in [5.41, 5.74) is 2.17. The van der Waals surface area contributed by atoms with Crippen molar-refractivity contribution in [3.05, 3.63) is 47.5 Å². The molecule has 2 aromatic carbocycles. The van der Waals surface area contributed by atoms with E-state index in [1.165, 1.54) is 0 Å². The summed E-state index contributed by atoms with van der Waals surface area (Å²) < 4.78 is 16.0. The minimum Gasteiger partial charge on any atom is -0.493 e. The number of hydrogen-bond acceptors (Lipinski definition) is 5. The molecule has 0 unspecified atom stereocenters. The monoisotopic (exact) mass is 381 g/mol. The molecule has 0 spiro atoms. The Hall–Kier alpha value is -3.28. The Labute approximate surface area is 164 Å². The Balaban J connectivity index is 1.89. The quantitative estimate of drug-likeness (QED) is 0.489. The lowest BCUT2D eigenvalue weighted by molar-refractivity contribution is -0.143. The third-order valence-corrected chi connectivity index (χ3v) is 4.32. The van der Waals surface area contributed by atoms with Crippen molar-refractivity contribution < 1.29 is 23.8 Å². The Bertz CT molecular complexity index is 952. The molecule has 6 heteroatoms. The van der Waals surface area contributed by atoms with Crippen LogP contribution in [0.3, 0.4) is 0 Å². The van der Waals surface area contributed by atoms with Crippen LogP contribution in [0.25, 0.3) is 11.6 Å². The Morgan fingerprint density at radius 2 is 1.61 bits per heavy atom. The molecular weight excluding hydrogens is 358 g/mol. The van der Waals surface area contributed by atoms with Crippen molar-refractivity contribution in [2.24, 2.45) is 5.41 Å². The zero-order chi connectivity index (χ0) is 20.5. The number of esters is 1. The maximum atomic E-state index is 12.4. The molecule has 6 nitrogen and oxygen atoms in total. The maximum Gasteiger partial charge on any atom is 0.316 e. The van der Waals surface area contributed by atoms with Gasteiger partial charge >= 0.3 is 5.97 Å². The topological polar surface area (TPSA) is 73.9 Å². The summed E-state index contributed by atoms with van der Waals surface area (Å²) in [4.78, 5) is 24.4. The summed E-state index contributed by atoms with van der Waals surface area (Å²) >= 11 is 0. The summed E-state index contributed by atoms with van der Waals surface area (Å²) in [6.45, 7) is 5.40. The van der Waals surface area contributed by atoms with Crippen LogP contribution in [0.5, 0.6) is 17.2 Å². The van der Waals surface area contributed by atoms with Crippen molar-refractivity contribution >= 4 is 29.2 Å². The van der Waals surface area contributed by atoms with Gasteiger partial charge in [-0.15, -0.1) is 0 Å². The van der Waals surface area contributed by atoms with Crippen molar-refractivity contribution in [3.63, 3.8) is 0 Å². The molecule has 1 heterocycles. The standard InChI is InChI=1S/C22H23NO5/c1-22(2,3)21(25)28-14-8-6-13(7-9-14)10-16-15-11-18(26-4)19(27-5)12-17(15)23-20(16)24/h6-12H,1-5H3,(H,23,24). The number of carbonyl (C=O) groups is 2. The number of fused-ring (bicyclic) bond motifs is 1. The van der Waals surface area contributed by atoms with E-state index in [1.54, 1.807) is 77.5 Å². The fraction of sp³-hybridized carbons (Fsp3) is 0.273. The van der Waals surface area contributed by atoms with E-state index in [0.29, 0.717) is 28.5 Å². The van der Waals surface area contributed by atoms with Crippen LogP contribution in [0.2, 0.25) is 0 Å². The molecule has 0 radical (unpaired) electrons. The number of hydrogen-bond donors (Lipinski definition) is 1. The molecule has 0 aromatic heterocycles. The second-order valence-electron chi connectivity index (χ2n) is 7.47. The average molecular weight is 381 g/mol. The van der Waals surface area contributed by atoms with E-state index < -0.39 is 5.41 Å². The highest BCUT2D eigenvalue weighted by atomic mass is 16.5. The second-order valence-corrected chi connectivity index (χ2v) is 7.47. The van der Waals surface area contributed by atoms with Gasteiger partial charge in [-0.1, -0.05) is 12.1 Å². The van der Waals surface area contributed by atoms with Crippen molar-refractivity contribution in [1.82, 2.24) is 0 Å². The first-order valence-corrected chi connectivity index (χ1v) is 8.84. The highest BCUT2D eigenvalue weighted by Gasteiger charge is 2.27. The van der Waals surface area contributed by atoms with E-state index in [2.05, 4.69) is 5.32 Å². The lowest BCUT2D eigenvalue weighted by atomic mass is 9.97. The third kappa shape index (κ3) is 3.86. The molecule has 0 atom stereocenters. The zero-order valence-electron chi connectivity index (χ0n) is 16.6. The molecule has 1 amide bonds. The Morgan fingerprint density at radius 3 is 2.18 bits per heavy atom. The van der Waals surface area contributed by atoms with Crippen LogP contribution in [0, 0.1) is 5.41 Å². The molecule has 0 saturated carbocycles. The van der Waals surface area contributed by atoms with Gasteiger partial charge < -0.3 is 19.5 Å². The molecule has 1 aliphatic rings.